The second-order valence-electron chi connectivity index (χ2n) is 9.28. The van der Waals surface area contributed by atoms with E-state index in [1.165, 1.54) is 25.8 Å². The van der Waals surface area contributed by atoms with Crippen molar-refractivity contribution in [2.24, 2.45) is 0 Å². The molecular formula is C28H40N2O8S. The number of Topliss-reactive ketones (excluding diaryl/α,β-unsaturated/α-hetero) is 5. The maximum Gasteiger partial charge on any atom is 0.305 e. The van der Waals surface area contributed by atoms with Gasteiger partial charge in [0, 0.05) is 76.0 Å². The van der Waals surface area contributed by atoms with Crippen molar-refractivity contribution in [3.63, 3.8) is 0 Å². The third-order valence-corrected chi connectivity index (χ3v) is 6.53. The number of aromatic nitrogens is 2. The monoisotopic (exact) mass is 564 g/mol. The first-order chi connectivity index (χ1) is 18.6. The van der Waals surface area contributed by atoms with Gasteiger partial charge < -0.3 is 14.3 Å². The average molecular weight is 565 g/mol. The highest BCUT2D eigenvalue weighted by molar-refractivity contribution is 7.98. The van der Waals surface area contributed by atoms with Gasteiger partial charge >= 0.3 is 5.97 Å². The molecule has 216 valence electrons. The summed E-state index contributed by atoms with van der Waals surface area (Å²) in [6.45, 7) is 1.54. The number of thioether (sulfide) groups is 1. The number of nitrogens with zero attached hydrogens (tertiary/aromatic N) is 2. The van der Waals surface area contributed by atoms with E-state index in [2.05, 4.69) is 14.7 Å². The lowest BCUT2D eigenvalue weighted by Crippen LogP contribution is -2.11. The van der Waals surface area contributed by atoms with E-state index >= 15 is 0 Å². The van der Waals surface area contributed by atoms with Crippen molar-refractivity contribution in [3.8, 4) is 5.88 Å². The van der Waals surface area contributed by atoms with Crippen LogP contribution in [0.4, 0.5) is 0 Å². The van der Waals surface area contributed by atoms with Crippen LogP contribution in [0.15, 0.2) is 11.4 Å². The van der Waals surface area contributed by atoms with E-state index in [1.54, 1.807) is 6.20 Å². The van der Waals surface area contributed by atoms with Crippen LogP contribution < -0.4 is 4.74 Å². The molecule has 1 aromatic rings. The van der Waals surface area contributed by atoms with E-state index in [0.717, 1.165) is 24.8 Å². The minimum absolute atomic E-state index is 0.0473. The third-order valence-electron chi connectivity index (χ3n) is 5.96. The highest BCUT2D eigenvalue weighted by atomic mass is 32.2. The number of aryl methyl sites for hydroxylation is 1. The zero-order valence-corrected chi connectivity index (χ0v) is 24.1. The maximum absolute atomic E-state index is 12.3. The Morgan fingerprint density at radius 1 is 0.744 bits per heavy atom. The number of ether oxygens (including phenoxy) is 2. The Morgan fingerprint density at radius 3 is 1.79 bits per heavy atom. The maximum atomic E-state index is 12.3. The Bertz CT molecular complexity index is 996. The Balaban J connectivity index is 2.33. The van der Waals surface area contributed by atoms with Crippen molar-refractivity contribution in [1.29, 1.82) is 0 Å². The predicted octanol–water partition coefficient (Wildman–Crippen LogP) is 4.23. The number of unbranched alkanes of at least 4 members (excludes halogenated alkanes) is 2. The topological polar surface area (TPSA) is 147 Å². The molecule has 0 N–H and O–H groups in total. The zero-order valence-electron chi connectivity index (χ0n) is 23.3. The van der Waals surface area contributed by atoms with Crippen molar-refractivity contribution in [2.45, 2.75) is 102 Å². The Kier molecular flexibility index (Phi) is 17.5. The van der Waals surface area contributed by atoms with Gasteiger partial charge in [-0.3, -0.25) is 24.0 Å². The first-order valence-corrected chi connectivity index (χ1v) is 14.5. The lowest BCUT2D eigenvalue weighted by atomic mass is 10.0. The molecule has 1 aromatic heterocycles. The van der Waals surface area contributed by atoms with Crippen LogP contribution in [0.3, 0.4) is 0 Å². The van der Waals surface area contributed by atoms with Crippen LogP contribution in [0, 0.1) is 0 Å². The van der Waals surface area contributed by atoms with Gasteiger partial charge in [-0.05, 0) is 32.4 Å². The quantitative estimate of drug-likeness (QED) is 0.0814. The first-order valence-electron chi connectivity index (χ1n) is 13.3. The standard InChI is InChI=1S/C28H40N2O8S/c1-20(31)9-10-22(32)11-12-23(33)13-14-24(34)15-16-25(35)17-18-38-27-21(19-29-28(30-27)39-3)7-5-4-6-8-26(36)37-2/h19H,4-18H2,1-3H3. The highest BCUT2D eigenvalue weighted by Gasteiger charge is 2.14. The number of carbonyl (C=O) groups is 6. The van der Waals surface area contributed by atoms with Crippen molar-refractivity contribution >= 4 is 46.6 Å². The number of hydrogen-bond acceptors (Lipinski definition) is 11. The molecule has 0 aliphatic heterocycles. The normalized spacial score (nSPS) is 10.6. The fraction of sp³-hybridized carbons (Fsp3) is 0.643. The van der Waals surface area contributed by atoms with Gasteiger partial charge in [0.1, 0.15) is 28.9 Å². The summed E-state index contributed by atoms with van der Waals surface area (Å²) in [6.07, 6.45) is 7.88. The minimum atomic E-state index is -0.224. The lowest BCUT2D eigenvalue weighted by molar-refractivity contribution is -0.140. The molecule has 0 aliphatic rings. The molecule has 0 unspecified atom stereocenters. The number of methoxy groups -OCH3 is 1. The van der Waals surface area contributed by atoms with E-state index in [1.807, 2.05) is 6.26 Å². The van der Waals surface area contributed by atoms with Crippen LogP contribution in [0.2, 0.25) is 0 Å². The fourth-order valence-electron chi connectivity index (χ4n) is 3.55. The van der Waals surface area contributed by atoms with Gasteiger partial charge in [-0.25, -0.2) is 4.98 Å². The number of rotatable bonds is 23. The van der Waals surface area contributed by atoms with Crippen molar-refractivity contribution < 1.29 is 38.2 Å². The zero-order chi connectivity index (χ0) is 29.0. The van der Waals surface area contributed by atoms with Crippen LogP contribution in [0.1, 0.15) is 96.0 Å². The molecule has 0 fully saturated rings. The Morgan fingerprint density at radius 2 is 1.28 bits per heavy atom. The molecule has 0 saturated carbocycles. The molecule has 0 atom stereocenters. The lowest BCUT2D eigenvalue weighted by Gasteiger charge is -2.11. The summed E-state index contributed by atoms with van der Waals surface area (Å²) in [5.41, 5.74) is 0.832. The van der Waals surface area contributed by atoms with Gasteiger partial charge in [0.15, 0.2) is 5.16 Å². The van der Waals surface area contributed by atoms with Gasteiger partial charge in [0.25, 0.3) is 0 Å². The van der Waals surface area contributed by atoms with E-state index in [4.69, 9.17) is 4.74 Å². The van der Waals surface area contributed by atoms with E-state index in [9.17, 15) is 28.8 Å². The Hall–Kier alpha value is -2.95. The average Bonchev–Trinajstić information content (AvgIpc) is 2.92. The van der Waals surface area contributed by atoms with Crippen LogP contribution in [0.5, 0.6) is 5.88 Å². The first kappa shape index (κ1) is 34.1. The van der Waals surface area contributed by atoms with Crippen molar-refractivity contribution in [2.75, 3.05) is 20.0 Å². The van der Waals surface area contributed by atoms with Gasteiger partial charge in [0.2, 0.25) is 5.88 Å². The van der Waals surface area contributed by atoms with Crippen molar-refractivity contribution in [1.82, 2.24) is 9.97 Å². The van der Waals surface area contributed by atoms with E-state index in [-0.39, 0.29) is 99.3 Å². The minimum Gasteiger partial charge on any atom is -0.477 e. The van der Waals surface area contributed by atoms with Gasteiger partial charge in [0.05, 0.1) is 13.7 Å². The van der Waals surface area contributed by atoms with Crippen LogP contribution in [-0.4, -0.2) is 64.8 Å². The molecule has 39 heavy (non-hydrogen) atoms. The van der Waals surface area contributed by atoms with Crippen molar-refractivity contribution in [3.05, 3.63) is 11.8 Å². The summed E-state index contributed by atoms with van der Waals surface area (Å²) in [5, 5.41) is 0.561. The van der Waals surface area contributed by atoms with Crippen LogP contribution in [-0.2, 0) is 39.9 Å². The molecule has 0 aromatic carbocycles. The summed E-state index contributed by atoms with van der Waals surface area (Å²) >= 11 is 1.38. The molecule has 0 bridgehead atoms. The summed E-state index contributed by atoms with van der Waals surface area (Å²) in [6, 6.07) is 0. The smallest absolute Gasteiger partial charge is 0.305 e. The summed E-state index contributed by atoms with van der Waals surface area (Å²) < 4.78 is 10.4. The molecule has 10 nitrogen and oxygen atoms in total. The summed E-state index contributed by atoms with van der Waals surface area (Å²) in [4.78, 5) is 78.8. The fourth-order valence-corrected chi connectivity index (χ4v) is 3.88. The molecule has 1 heterocycles. The number of carbonyl (C=O) groups excluding carboxylic acids is 6. The van der Waals surface area contributed by atoms with Crippen LogP contribution in [0.25, 0.3) is 0 Å². The highest BCUT2D eigenvalue weighted by Crippen LogP contribution is 2.21. The molecule has 11 heteroatoms. The number of hydrogen-bond donors (Lipinski definition) is 0. The summed E-state index contributed by atoms with van der Waals surface area (Å²) in [5.74, 6) is -0.447. The van der Waals surface area contributed by atoms with E-state index < -0.39 is 0 Å². The number of ketones is 5. The molecule has 0 radical (unpaired) electrons. The third kappa shape index (κ3) is 16.6. The second-order valence-corrected chi connectivity index (χ2v) is 10.1. The molecule has 0 saturated heterocycles. The van der Waals surface area contributed by atoms with Gasteiger partial charge in [-0.15, -0.1) is 0 Å². The van der Waals surface area contributed by atoms with Gasteiger partial charge in [-0.1, -0.05) is 18.2 Å². The molecule has 0 aliphatic carbocycles. The predicted molar refractivity (Wildman–Crippen MR) is 146 cm³/mol. The van der Waals surface area contributed by atoms with Gasteiger partial charge in [-0.2, -0.15) is 4.98 Å². The van der Waals surface area contributed by atoms with E-state index in [0.29, 0.717) is 23.9 Å². The molecule has 1 rings (SSSR count). The molecule has 0 amide bonds. The molecule has 0 spiro atoms. The second kappa shape index (κ2) is 20.0. The summed E-state index contributed by atoms with van der Waals surface area (Å²) in [7, 11) is 1.37. The Labute approximate surface area is 234 Å². The number of esters is 1. The molecular weight excluding hydrogens is 524 g/mol. The largest absolute Gasteiger partial charge is 0.477 e. The van der Waals surface area contributed by atoms with Crippen LogP contribution >= 0.6 is 11.8 Å². The SMILES string of the molecule is COC(=O)CCCCCc1cnc(SC)nc1OCCC(=O)CCC(=O)CCC(=O)CCC(=O)CCC(C)=O.